The summed E-state index contributed by atoms with van der Waals surface area (Å²) in [4.78, 5) is 16.2. The maximum atomic E-state index is 12.0. The number of aliphatic hydroxyl groups excluding tert-OH is 1. The molecule has 0 bridgehead atoms. The molecule has 2 aromatic rings. The van der Waals surface area contributed by atoms with E-state index in [0.717, 1.165) is 5.56 Å². The number of amides is 1. The molecule has 0 aliphatic rings. The standard InChI is InChI=1S/C14H18N4O2/c1-14(2,3)13-16-11(17-18-13)12(20)15-10-6-4-9(8-19)5-7-10/h4-7,19H,8H2,1-3H3,(H,15,20)(H,16,17,18). The number of aliphatic hydroxyl groups is 1. The summed E-state index contributed by atoms with van der Waals surface area (Å²) in [6, 6.07) is 6.93. The second kappa shape index (κ2) is 5.42. The van der Waals surface area contributed by atoms with Gasteiger partial charge < -0.3 is 10.4 Å². The zero-order chi connectivity index (χ0) is 14.8. The van der Waals surface area contributed by atoms with E-state index >= 15 is 0 Å². The van der Waals surface area contributed by atoms with Crippen molar-refractivity contribution in [2.45, 2.75) is 32.8 Å². The van der Waals surface area contributed by atoms with Gasteiger partial charge in [0, 0.05) is 11.1 Å². The largest absolute Gasteiger partial charge is 0.392 e. The van der Waals surface area contributed by atoms with Crippen LogP contribution in [0.2, 0.25) is 0 Å². The third-order valence-electron chi connectivity index (χ3n) is 2.79. The van der Waals surface area contributed by atoms with Crippen LogP contribution in [0, 0.1) is 0 Å². The summed E-state index contributed by atoms with van der Waals surface area (Å²) in [6.07, 6.45) is 0. The van der Waals surface area contributed by atoms with Crippen molar-refractivity contribution in [1.82, 2.24) is 15.2 Å². The van der Waals surface area contributed by atoms with Gasteiger partial charge in [-0.3, -0.25) is 9.89 Å². The molecular weight excluding hydrogens is 256 g/mol. The lowest BCUT2D eigenvalue weighted by Gasteiger charge is -2.12. The number of carbonyl (C=O) groups is 1. The van der Waals surface area contributed by atoms with Crippen LogP contribution in [0.3, 0.4) is 0 Å². The molecule has 0 atom stereocenters. The molecule has 0 radical (unpaired) electrons. The van der Waals surface area contributed by atoms with Gasteiger partial charge in [0.2, 0.25) is 5.82 Å². The molecule has 1 aromatic heterocycles. The summed E-state index contributed by atoms with van der Waals surface area (Å²) >= 11 is 0. The number of anilines is 1. The number of hydrogen-bond acceptors (Lipinski definition) is 4. The van der Waals surface area contributed by atoms with E-state index in [0.29, 0.717) is 11.5 Å². The van der Waals surface area contributed by atoms with Gasteiger partial charge in [-0.1, -0.05) is 32.9 Å². The average Bonchev–Trinajstić information content (AvgIpc) is 2.89. The molecule has 1 heterocycles. The Labute approximate surface area is 117 Å². The average molecular weight is 274 g/mol. The summed E-state index contributed by atoms with van der Waals surface area (Å²) in [6.45, 7) is 5.94. The molecule has 0 saturated heterocycles. The summed E-state index contributed by atoms with van der Waals surface area (Å²) in [5.41, 5.74) is 1.24. The van der Waals surface area contributed by atoms with E-state index in [1.165, 1.54) is 0 Å². The van der Waals surface area contributed by atoms with Crippen LogP contribution in [-0.4, -0.2) is 26.2 Å². The van der Waals surface area contributed by atoms with Crippen molar-refractivity contribution in [3.05, 3.63) is 41.5 Å². The number of carbonyl (C=O) groups excluding carboxylic acids is 1. The highest BCUT2D eigenvalue weighted by atomic mass is 16.3. The highest BCUT2D eigenvalue weighted by Gasteiger charge is 2.21. The van der Waals surface area contributed by atoms with E-state index in [-0.39, 0.29) is 23.8 Å². The van der Waals surface area contributed by atoms with E-state index in [4.69, 9.17) is 5.11 Å². The molecule has 1 aromatic carbocycles. The third-order valence-corrected chi connectivity index (χ3v) is 2.79. The van der Waals surface area contributed by atoms with Gasteiger partial charge in [0.1, 0.15) is 5.82 Å². The van der Waals surface area contributed by atoms with Crippen molar-refractivity contribution in [3.8, 4) is 0 Å². The Morgan fingerprint density at radius 2 is 1.95 bits per heavy atom. The Bertz CT molecular complexity index is 596. The molecular formula is C14H18N4O2. The Morgan fingerprint density at radius 3 is 2.45 bits per heavy atom. The quantitative estimate of drug-likeness (QED) is 0.796. The second-order valence-corrected chi connectivity index (χ2v) is 5.57. The lowest BCUT2D eigenvalue weighted by Crippen LogP contribution is -2.16. The smallest absolute Gasteiger partial charge is 0.295 e. The molecule has 0 spiro atoms. The first-order valence-electron chi connectivity index (χ1n) is 6.34. The summed E-state index contributed by atoms with van der Waals surface area (Å²) < 4.78 is 0. The van der Waals surface area contributed by atoms with Crippen molar-refractivity contribution in [3.63, 3.8) is 0 Å². The van der Waals surface area contributed by atoms with Crippen LogP contribution in [0.4, 0.5) is 5.69 Å². The number of hydrogen-bond donors (Lipinski definition) is 3. The summed E-state index contributed by atoms with van der Waals surface area (Å²) in [7, 11) is 0. The van der Waals surface area contributed by atoms with Gasteiger partial charge in [-0.25, -0.2) is 4.98 Å². The molecule has 0 aliphatic heterocycles. The van der Waals surface area contributed by atoms with E-state index in [1.807, 2.05) is 20.8 Å². The number of aromatic nitrogens is 3. The Kier molecular flexibility index (Phi) is 3.85. The van der Waals surface area contributed by atoms with Crippen LogP contribution in [0.1, 0.15) is 42.8 Å². The lowest BCUT2D eigenvalue weighted by molar-refractivity contribution is 0.101. The molecule has 1 amide bonds. The van der Waals surface area contributed by atoms with Crippen molar-refractivity contribution in [1.29, 1.82) is 0 Å². The highest BCUT2D eigenvalue weighted by Crippen LogP contribution is 2.17. The normalized spacial score (nSPS) is 11.4. The van der Waals surface area contributed by atoms with Crippen LogP contribution < -0.4 is 5.32 Å². The maximum absolute atomic E-state index is 12.0. The molecule has 6 heteroatoms. The molecule has 3 N–H and O–H groups in total. The number of nitrogens with one attached hydrogen (secondary N) is 2. The molecule has 0 unspecified atom stereocenters. The van der Waals surface area contributed by atoms with Gasteiger partial charge >= 0.3 is 0 Å². The molecule has 6 nitrogen and oxygen atoms in total. The maximum Gasteiger partial charge on any atom is 0.295 e. The zero-order valence-corrected chi connectivity index (χ0v) is 11.8. The number of aromatic amines is 1. The fourth-order valence-corrected chi connectivity index (χ4v) is 1.58. The van der Waals surface area contributed by atoms with Gasteiger partial charge in [-0.15, -0.1) is 5.10 Å². The summed E-state index contributed by atoms with van der Waals surface area (Å²) in [5, 5.41) is 18.4. The van der Waals surface area contributed by atoms with Crippen LogP contribution >= 0.6 is 0 Å². The van der Waals surface area contributed by atoms with Crippen molar-refractivity contribution in [2.24, 2.45) is 0 Å². The highest BCUT2D eigenvalue weighted by molar-refractivity contribution is 6.01. The van der Waals surface area contributed by atoms with Crippen molar-refractivity contribution in [2.75, 3.05) is 5.32 Å². The van der Waals surface area contributed by atoms with Crippen molar-refractivity contribution < 1.29 is 9.90 Å². The molecule has 106 valence electrons. The van der Waals surface area contributed by atoms with Crippen LogP contribution in [0.15, 0.2) is 24.3 Å². The third kappa shape index (κ3) is 3.21. The number of rotatable bonds is 3. The SMILES string of the molecule is CC(C)(C)c1nc(C(=O)Nc2ccc(CO)cc2)n[nH]1. The zero-order valence-electron chi connectivity index (χ0n) is 11.8. The molecule has 0 aliphatic carbocycles. The van der Waals surface area contributed by atoms with Gasteiger partial charge in [0.05, 0.1) is 6.61 Å². The van der Waals surface area contributed by atoms with Gasteiger partial charge in [-0.05, 0) is 17.7 Å². The topological polar surface area (TPSA) is 90.9 Å². The van der Waals surface area contributed by atoms with Crippen molar-refractivity contribution >= 4 is 11.6 Å². The number of benzene rings is 1. The van der Waals surface area contributed by atoms with E-state index in [2.05, 4.69) is 20.5 Å². The van der Waals surface area contributed by atoms with Crippen LogP contribution in [-0.2, 0) is 12.0 Å². The predicted octanol–water partition coefficient (Wildman–Crippen LogP) is 1.85. The first kappa shape index (κ1) is 14.2. The number of H-pyrrole nitrogens is 1. The minimum atomic E-state index is -0.367. The fraction of sp³-hybridized carbons (Fsp3) is 0.357. The Balaban J connectivity index is 2.09. The van der Waals surface area contributed by atoms with E-state index in [1.54, 1.807) is 24.3 Å². The molecule has 0 fully saturated rings. The van der Waals surface area contributed by atoms with Gasteiger partial charge in [-0.2, -0.15) is 0 Å². The lowest BCUT2D eigenvalue weighted by atomic mass is 9.96. The second-order valence-electron chi connectivity index (χ2n) is 5.57. The van der Waals surface area contributed by atoms with E-state index in [9.17, 15) is 4.79 Å². The molecule has 2 rings (SSSR count). The predicted molar refractivity (Wildman–Crippen MR) is 75.4 cm³/mol. The summed E-state index contributed by atoms with van der Waals surface area (Å²) in [5.74, 6) is 0.410. The van der Waals surface area contributed by atoms with Gasteiger partial charge in [0.25, 0.3) is 5.91 Å². The minimum absolute atomic E-state index is 0.0237. The Morgan fingerprint density at radius 1 is 1.30 bits per heavy atom. The first-order chi connectivity index (χ1) is 9.40. The minimum Gasteiger partial charge on any atom is -0.392 e. The van der Waals surface area contributed by atoms with Crippen LogP contribution in [0.25, 0.3) is 0 Å². The fourth-order valence-electron chi connectivity index (χ4n) is 1.58. The monoisotopic (exact) mass is 274 g/mol. The van der Waals surface area contributed by atoms with E-state index < -0.39 is 0 Å². The van der Waals surface area contributed by atoms with Gasteiger partial charge in [0.15, 0.2) is 0 Å². The first-order valence-corrected chi connectivity index (χ1v) is 6.34. The molecule has 20 heavy (non-hydrogen) atoms. The Hall–Kier alpha value is -2.21. The van der Waals surface area contributed by atoms with Crippen LogP contribution in [0.5, 0.6) is 0 Å². The number of nitrogens with zero attached hydrogens (tertiary/aromatic N) is 2. The molecule has 0 saturated carbocycles.